The number of fused-ring (bicyclic) bond motifs is 8. The zero-order valence-corrected chi connectivity index (χ0v) is 26.6. The Labute approximate surface area is 282 Å². The predicted molar refractivity (Wildman–Crippen MR) is 199 cm³/mol. The minimum absolute atomic E-state index is 0.800. The topological polar surface area (TPSA) is 96.0 Å². The highest BCUT2D eigenvalue weighted by molar-refractivity contribution is 5.98. The van der Waals surface area contributed by atoms with Crippen molar-refractivity contribution in [2.24, 2.45) is 0 Å². The number of aryl methyl sites for hydroxylation is 1. The second-order valence-electron chi connectivity index (χ2n) is 12.0. The van der Waals surface area contributed by atoms with Crippen molar-refractivity contribution in [3.8, 4) is 44.9 Å². The Balaban J connectivity index is 1.48. The van der Waals surface area contributed by atoms with Gasteiger partial charge in [0.2, 0.25) is 0 Å². The summed E-state index contributed by atoms with van der Waals surface area (Å²) in [5, 5.41) is 0. The molecule has 8 bridgehead atoms. The van der Waals surface area contributed by atoms with E-state index >= 15 is 0 Å². The summed E-state index contributed by atoms with van der Waals surface area (Å²) in [4.78, 5) is 32.3. The van der Waals surface area contributed by atoms with Crippen LogP contribution in [-0.2, 0) is 0 Å². The van der Waals surface area contributed by atoms with Gasteiger partial charge in [-0.25, -0.2) is 9.97 Å². The Morgan fingerprint density at radius 1 is 0.388 bits per heavy atom. The molecule has 0 saturated heterocycles. The molecule has 0 unspecified atom stereocenters. The van der Waals surface area contributed by atoms with E-state index in [9.17, 15) is 0 Å². The fraction of sp³-hybridized carbons (Fsp3) is 0.0238. The van der Waals surface area contributed by atoms with Gasteiger partial charge in [-0.05, 0) is 97.5 Å². The summed E-state index contributed by atoms with van der Waals surface area (Å²) in [7, 11) is 0. The Bertz CT molecular complexity index is 2540. The molecule has 2 aliphatic rings. The molecule has 2 N–H and O–H groups in total. The van der Waals surface area contributed by atoms with Crippen molar-refractivity contribution in [3.63, 3.8) is 0 Å². The number of aromatic amines is 2. The molecule has 0 radical (unpaired) electrons. The number of nitrogens with one attached hydrogen (secondary N) is 2. The van der Waals surface area contributed by atoms with Crippen molar-refractivity contribution < 1.29 is 0 Å². The molecule has 7 heteroatoms. The van der Waals surface area contributed by atoms with Gasteiger partial charge in [-0.15, -0.1) is 0 Å². The second-order valence-corrected chi connectivity index (χ2v) is 12.0. The van der Waals surface area contributed by atoms with Crippen LogP contribution >= 0.6 is 0 Å². The lowest BCUT2D eigenvalue weighted by molar-refractivity contribution is 1.26. The number of H-pyrrole nitrogens is 2. The van der Waals surface area contributed by atoms with Crippen LogP contribution in [0.4, 0.5) is 0 Å². The fourth-order valence-corrected chi connectivity index (χ4v) is 6.57. The number of rotatable bonds is 4. The van der Waals surface area contributed by atoms with Crippen LogP contribution in [0.2, 0.25) is 0 Å². The molecule has 7 aromatic rings. The molecule has 0 saturated carbocycles. The molecule has 0 aliphatic carbocycles. The maximum Gasteiger partial charge on any atom is 0.0753 e. The zero-order chi connectivity index (χ0) is 32.7. The lowest BCUT2D eigenvalue weighted by atomic mass is 10.0. The molecule has 0 atom stereocenters. The van der Waals surface area contributed by atoms with E-state index in [1.165, 1.54) is 5.56 Å². The van der Waals surface area contributed by atoms with Crippen LogP contribution in [0.5, 0.6) is 0 Å². The van der Waals surface area contributed by atoms with Gasteiger partial charge in [-0.3, -0.25) is 15.0 Å². The second kappa shape index (κ2) is 11.8. The molecule has 9 rings (SSSR count). The van der Waals surface area contributed by atoms with E-state index in [1.807, 2.05) is 73.2 Å². The van der Waals surface area contributed by atoms with Gasteiger partial charge < -0.3 is 9.97 Å². The summed E-state index contributed by atoms with van der Waals surface area (Å²) < 4.78 is 0. The third-order valence-corrected chi connectivity index (χ3v) is 8.86. The van der Waals surface area contributed by atoms with Crippen LogP contribution in [-0.4, -0.2) is 34.9 Å². The number of benzene rings is 1. The van der Waals surface area contributed by atoms with E-state index in [4.69, 9.17) is 24.9 Å². The van der Waals surface area contributed by atoms with Crippen molar-refractivity contribution in [1.29, 1.82) is 0 Å². The minimum atomic E-state index is 0.800. The molecule has 7 nitrogen and oxygen atoms in total. The molecule has 0 amide bonds. The molecule has 2 aliphatic heterocycles. The zero-order valence-electron chi connectivity index (χ0n) is 26.6. The fourth-order valence-electron chi connectivity index (χ4n) is 6.57. The van der Waals surface area contributed by atoms with Crippen molar-refractivity contribution in [2.45, 2.75) is 6.92 Å². The van der Waals surface area contributed by atoms with Gasteiger partial charge in [0.25, 0.3) is 0 Å². The summed E-state index contributed by atoms with van der Waals surface area (Å²) >= 11 is 0. The summed E-state index contributed by atoms with van der Waals surface area (Å²) in [6, 6.07) is 34.8. The van der Waals surface area contributed by atoms with Gasteiger partial charge in [0.15, 0.2) is 0 Å². The minimum Gasteiger partial charge on any atom is -0.354 e. The Morgan fingerprint density at radius 3 is 1.12 bits per heavy atom. The van der Waals surface area contributed by atoms with Crippen LogP contribution in [0, 0.1) is 6.92 Å². The van der Waals surface area contributed by atoms with Crippen LogP contribution in [0.25, 0.3) is 91.3 Å². The number of hydrogen-bond donors (Lipinski definition) is 2. The van der Waals surface area contributed by atoms with Gasteiger partial charge >= 0.3 is 0 Å². The first-order chi connectivity index (χ1) is 24.2. The molecule has 49 heavy (non-hydrogen) atoms. The monoisotopic (exact) mass is 631 g/mol. The molecule has 232 valence electrons. The first kappa shape index (κ1) is 28.5. The first-order valence-electron chi connectivity index (χ1n) is 16.2. The average molecular weight is 632 g/mol. The van der Waals surface area contributed by atoms with Crippen molar-refractivity contribution in [2.75, 3.05) is 0 Å². The lowest BCUT2D eigenvalue weighted by Gasteiger charge is -2.06. The Kier molecular flexibility index (Phi) is 6.87. The van der Waals surface area contributed by atoms with Crippen LogP contribution in [0.3, 0.4) is 0 Å². The standard InChI is InChI=1S/C42H29N7/c1-26-11-13-27(14-12-26)39-31-15-17-33(46-31)40(28-8-2-5-23-43-28)35-19-21-37(48-35)42(30-10-4-7-25-45-30)38-22-20-36(49-38)41(29-9-3-6-24-44-29)34-18-16-32(39)47-34/h2-25,46,49H,1H3. The molecule has 6 aromatic heterocycles. The highest BCUT2D eigenvalue weighted by Crippen LogP contribution is 2.37. The number of nitrogens with zero attached hydrogens (tertiary/aromatic N) is 5. The highest BCUT2D eigenvalue weighted by Gasteiger charge is 2.19. The van der Waals surface area contributed by atoms with Gasteiger partial charge in [0.05, 0.1) is 56.4 Å². The van der Waals surface area contributed by atoms with Crippen LogP contribution < -0.4 is 0 Å². The highest BCUT2D eigenvalue weighted by atomic mass is 14.8. The van der Waals surface area contributed by atoms with E-state index in [0.717, 1.165) is 89.7 Å². The number of hydrogen-bond acceptors (Lipinski definition) is 5. The predicted octanol–water partition coefficient (Wildman–Crippen LogP) is 9.82. The van der Waals surface area contributed by atoms with E-state index in [0.29, 0.717) is 0 Å². The number of pyridine rings is 3. The van der Waals surface area contributed by atoms with Gasteiger partial charge in [0, 0.05) is 46.4 Å². The molecule has 0 fully saturated rings. The summed E-state index contributed by atoms with van der Waals surface area (Å²) in [5.41, 5.74) is 15.3. The third kappa shape index (κ3) is 5.14. The van der Waals surface area contributed by atoms with E-state index in [-0.39, 0.29) is 0 Å². The molecule has 8 heterocycles. The first-order valence-corrected chi connectivity index (χ1v) is 16.2. The maximum absolute atomic E-state index is 5.31. The molecular weight excluding hydrogens is 603 g/mol. The van der Waals surface area contributed by atoms with Gasteiger partial charge in [-0.2, -0.15) is 0 Å². The van der Waals surface area contributed by atoms with Crippen molar-refractivity contribution >= 4 is 46.4 Å². The van der Waals surface area contributed by atoms with Crippen LogP contribution in [0.1, 0.15) is 28.3 Å². The van der Waals surface area contributed by atoms with Crippen LogP contribution in [0.15, 0.2) is 122 Å². The number of aromatic nitrogens is 7. The normalized spacial score (nSPS) is 12.0. The van der Waals surface area contributed by atoms with Gasteiger partial charge in [-0.1, -0.05) is 48.0 Å². The largest absolute Gasteiger partial charge is 0.354 e. The maximum atomic E-state index is 5.31. The quantitative estimate of drug-likeness (QED) is 0.202. The smallest absolute Gasteiger partial charge is 0.0753 e. The van der Waals surface area contributed by atoms with Gasteiger partial charge in [0.1, 0.15) is 0 Å². The average Bonchev–Trinajstić information content (AvgIpc) is 3.98. The van der Waals surface area contributed by atoms with Crippen molar-refractivity contribution in [1.82, 2.24) is 34.9 Å². The Morgan fingerprint density at radius 2 is 0.755 bits per heavy atom. The van der Waals surface area contributed by atoms with E-state index in [1.54, 1.807) is 0 Å². The molecular formula is C42H29N7. The van der Waals surface area contributed by atoms with E-state index < -0.39 is 0 Å². The van der Waals surface area contributed by atoms with E-state index in [2.05, 4.69) is 89.7 Å². The Hall–Kier alpha value is -6.73. The van der Waals surface area contributed by atoms with Crippen molar-refractivity contribution in [3.05, 3.63) is 150 Å². The lowest BCUT2D eigenvalue weighted by Crippen LogP contribution is -1.91. The summed E-state index contributed by atoms with van der Waals surface area (Å²) in [6.45, 7) is 2.10. The summed E-state index contributed by atoms with van der Waals surface area (Å²) in [6.07, 6.45) is 13.7. The molecule has 0 spiro atoms. The summed E-state index contributed by atoms with van der Waals surface area (Å²) in [5.74, 6) is 0. The molecule has 1 aromatic carbocycles. The SMILES string of the molecule is Cc1ccc(-c2c3nc(c(-c4ccccn4)c4ccc([nH]4)c(-c4ccccn4)c4nc(c(-c5ccccn5)c5ccc2[nH]5)C=C4)C=C3)cc1. The third-order valence-electron chi connectivity index (χ3n) is 8.86.